The van der Waals surface area contributed by atoms with Gasteiger partial charge < -0.3 is 37.9 Å². The Kier molecular flexibility index (Phi) is 7.09. The zero-order valence-electron chi connectivity index (χ0n) is 20.1. The van der Waals surface area contributed by atoms with Gasteiger partial charge in [0.2, 0.25) is 18.4 Å². The number of amides is 1. The van der Waals surface area contributed by atoms with Crippen LogP contribution in [0.3, 0.4) is 0 Å². The first-order valence-electron chi connectivity index (χ1n) is 10.7. The molecule has 1 amide bonds. The van der Waals surface area contributed by atoms with Gasteiger partial charge in [0.05, 0.1) is 28.4 Å². The van der Waals surface area contributed by atoms with Crippen molar-refractivity contribution in [2.75, 3.05) is 35.2 Å². The average Bonchev–Trinajstić information content (AvgIpc) is 3.50. The van der Waals surface area contributed by atoms with E-state index in [9.17, 15) is 9.59 Å². The molecule has 0 saturated carbocycles. The number of carbonyl (C=O) groups is 2. The van der Waals surface area contributed by atoms with Crippen molar-refractivity contribution in [1.82, 2.24) is 5.32 Å². The third-order valence-electron chi connectivity index (χ3n) is 5.48. The molecular formula is C25H25NO10. The number of methoxy groups -OCH3 is 4. The van der Waals surface area contributed by atoms with Gasteiger partial charge in [-0.05, 0) is 42.0 Å². The maximum absolute atomic E-state index is 12.8. The second kappa shape index (κ2) is 10.4. The highest BCUT2D eigenvalue weighted by molar-refractivity contribution is 5.87. The SMILES string of the molecule is COc1ccc(C2(OC(=O)NC3=COCO3)OC(=O)C=C2Cc2cc(OC)c(OC)c(OC)c2)cc1. The molecule has 2 aromatic carbocycles. The van der Waals surface area contributed by atoms with Crippen molar-refractivity contribution < 1.29 is 47.5 Å². The van der Waals surface area contributed by atoms with Crippen LogP contribution in [-0.2, 0) is 35.9 Å². The summed E-state index contributed by atoms with van der Waals surface area (Å²) in [5, 5.41) is 2.43. The number of esters is 1. The predicted molar refractivity (Wildman–Crippen MR) is 123 cm³/mol. The summed E-state index contributed by atoms with van der Waals surface area (Å²) in [7, 11) is 6.03. The van der Waals surface area contributed by atoms with E-state index in [4.69, 9.17) is 37.9 Å². The number of ether oxygens (including phenoxy) is 8. The lowest BCUT2D eigenvalue weighted by Gasteiger charge is -2.31. The minimum absolute atomic E-state index is 0.0412. The normalized spacial score (nSPS) is 18.2. The Balaban J connectivity index is 1.73. The fourth-order valence-corrected chi connectivity index (χ4v) is 3.86. The van der Waals surface area contributed by atoms with Gasteiger partial charge >= 0.3 is 17.8 Å². The van der Waals surface area contributed by atoms with Gasteiger partial charge in [0.25, 0.3) is 0 Å². The van der Waals surface area contributed by atoms with E-state index in [1.54, 1.807) is 36.4 Å². The lowest BCUT2D eigenvalue weighted by Crippen LogP contribution is -2.39. The predicted octanol–water partition coefficient (Wildman–Crippen LogP) is 3.13. The molecule has 1 unspecified atom stereocenters. The standard InChI is InChI=1S/C25H25NO10/c1-29-18-7-5-16(6-8-18)25(36-24(28)26-21-13-33-14-34-21)17(12-22(27)35-25)9-15-10-19(30-2)23(32-4)20(11-15)31-3/h5-8,10-13H,9,14H2,1-4H3,(H,26,28). The first kappa shape index (κ1) is 24.6. The van der Waals surface area contributed by atoms with Crippen LogP contribution in [0.1, 0.15) is 11.1 Å². The molecule has 2 aliphatic heterocycles. The summed E-state index contributed by atoms with van der Waals surface area (Å²) in [6.07, 6.45) is 1.74. The zero-order chi connectivity index (χ0) is 25.7. The second-order valence-corrected chi connectivity index (χ2v) is 7.57. The second-order valence-electron chi connectivity index (χ2n) is 7.57. The first-order valence-corrected chi connectivity index (χ1v) is 10.7. The van der Waals surface area contributed by atoms with Crippen molar-refractivity contribution in [1.29, 1.82) is 0 Å². The highest BCUT2D eigenvalue weighted by Crippen LogP contribution is 2.44. The Bertz CT molecular complexity index is 1180. The zero-order valence-corrected chi connectivity index (χ0v) is 20.1. The van der Waals surface area contributed by atoms with Crippen molar-refractivity contribution in [3.8, 4) is 23.0 Å². The molecule has 11 nitrogen and oxygen atoms in total. The summed E-state index contributed by atoms with van der Waals surface area (Å²) in [5.41, 5.74) is 1.44. The molecule has 1 atom stereocenters. The van der Waals surface area contributed by atoms with E-state index in [2.05, 4.69) is 5.32 Å². The maximum atomic E-state index is 12.8. The van der Waals surface area contributed by atoms with E-state index in [-0.39, 0.29) is 19.1 Å². The highest BCUT2D eigenvalue weighted by atomic mass is 16.7. The molecule has 36 heavy (non-hydrogen) atoms. The number of carbonyl (C=O) groups excluding carboxylic acids is 2. The van der Waals surface area contributed by atoms with Gasteiger partial charge in [-0.15, -0.1) is 0 Å². The van der Waals surface area contributed by atoms with Gasteiger partial charge in [-0.2, -0.15) is 0 Å². The molecule has 0 spiro atoms. The van der Waals surface area contributed by atoms with Crippen LogP contribution in [0.4, 0.5) is 4.79 Å². The summed E-state index contributed by atoms with van der Waals surface area (Å²) in [4.78, 5) is 25.4. The van der Waals surface area contributed by atoms with Gasteiger partial charge in [0.15, 0.2) is 11.5 Å². The number of alkyl carbamates (subject to hydrolysis) is 1. The van der Waals surface area contributed by atoms with E-state index in [1.807, 2.05) is 0 Å². The van der Waals surface area contributed by atoms with Crippen molar-refractivity contribution >= 4 is 12.1 Å². The lowest BCUT2D eigenvalue weighted by atomic mass is 9.92. The smallest absolute Gasteiger partial charge is 0.417 e. The third-order valence-corrected chi connectivity index (χ3v) is 5.48. The number of hydrogen-bond acceptors (Lipinski definition) is 10. The molecule has 11 heteroatoms. The molecule has 2 heterocycles. The van der Waals surface area contributed by atoms with E-state index < -0.39 is 17.8 Å². The van der Waals surface area contributed by atoms with Gasteiger partial charge in [-0.1, -0.05) is 0 Å². The molecule has 1 N–H and O–H groups in total. The van der Waals surface area contributed by atoms with Crippen LogP contribution in [0.15, 0.2) is 60.2 Å². The van der Waals surface area contributed by atoms with Crippen LogP contribution in [0.2, 0.25) is 0 Å². The molecule has 2 aromatic rings. The molecule has 0 aliphatic carbocycles. The van der Waals surface area contributed by atoms with Crippen molar-refractivity contribution in [3.05, 3.63) is 71.3 Å². The van der Waals surface area contributed by atoms with E-state index in [1.165, 1.54) is 40.8 Å². The Hall–Kier alpha value is -4.54. The Morgan fingerprint density at radius 3 is 2.25 bits per heavy atom. The Labute approximate surface area is 207 Å². The summed E-state index contributed by atoms with van der Waals surface area (Å²) >= 11 is 0. The van der Waals surface area contributed by atoms with Gasteiger partial charge in [0.1, 0.15) is 12.0 Å². The average molecular weight is 499 g/mol. The minimum atomic E-state index is -1.87. The lowest BCUT2D eigenvalue weighted by molar-refractivity contribution is -0.185. The monoisotopic (exact) mass is 499 g/mol. The van der Waals surface area contributed by atoms with Crippen LogP contribution in [0, 0.1) is 0 Å². The van der Waals surface area contributed by atoms with Crippen molar-refractivity contribution in [2.24, 2.45) is 0 Å². The van der Waals surface area contributed by atoms with E-state index in [0.717, 1.165) is 0 Å². The minimum Gasteiger partial charge on any atom is -0.497 e. The topological polar surface area (TPSA) is 120 Å². The molecule has 0 aromatic heterocycles. The first-order chi connectivity index (χ1) is 17.4. The molecule has 0 saturated heterocycles. The van der Waals surface area contributed by atoms with E-state index >= 15 is 0 Å². The fraction of sp³-hybridized carbons (Fsp3) is 0.280. The van der Waals surface area contributed by atoms with Crippen molar-refractivity contribution in [2.45, 2.75) is 12.2 Å². The van der Waals surface area contributed by atoms with E-state index in [0.29, 0.717) is 39.7 Å². The van der Waals surface area contributed by atoms with Crippen LogP contribution in [0.25, 0.3) is 0 Å². The largest absolute Gasteiger partial charge is 0.497 e. The number of nitrogens with one attached hydrogen (secondary N) is 1. The van der Waals surface area contributed by atoms with Gasteiger partial charge in [0, 0.05) is 23.6 Å². The Morgan fingerprint density at radius 2 is 1.69 bits per heavy atom. The fourth-order valence-electron chi connectivity index (χ4n) is 3.86. The summed E-state index contributed by atoms with van der Waals surface area (Å²) in [6.45, 7) is -0.0412. The van der Waals surface area contributed by atoms with Gasteiger partial charge in [-0.3, -0.25) is 5.32 Å². The molecule has 4 rings (SSSR count). The van der Waals surface area contributed by atoms with Crippen molar-refractivity contribution in [3.63, 3.8) is 0 Å². The molecule has 0 radical (unpaired) electrons. The number of benzene rings is 2. The van der Waals surface area contributed by atoms with Crippen LogP contribution >= 0.6 is 0 Å². The summed E-state index contributed by atoms with van der Waals surface area (Å²) in [6, 6.07) is 10.1. The highest BCUT2D eigenvalue weighted by Gasteiger charge is 2.49. The van der Waals surface area contributed by atoms with Crippen LogP contribution < -0.4 is 24.3 Å². The Morgan fingerprint density at radius 1 is 1.00 bits per heavy atom. The summed E-state index contributed by atoms with van der Waals surface area (Å²) in [5.74, 6) is -0.646. The molecular weight excluding hydrogens is 474 g/mol. The number of rotatable bonds is 9. The van der Waals surface area contributed by atoms with Gasteiger partial charge in [-0.25, -0.2) is 9.59 Å². The van der Waals surface area contributed by atoms with Crippen LogP contribution in [-0.4, -0.2) is 47.3 Å². The number of hydrogen-bond donors (Lipinski definition) is 1. The van der Waals surface area contributed by atoms with Crippen LogP contribution in [0.5, 0.6) is 23.0 Å². The third kappa shape index (κ3) is 4.81. The maximum Gasteiger partial charge on any atom is 0.417 e. The summed E-state index contributed by atoms with van der Waals surface area (Å²) < 4.78 is 43.0. The molecule has 190 valence electrons. The molecule has 0 fully saturated rings. The molecule has 2 aliphatic rings. The quantitative estimate of drug-likeness (QED) is 0.515. The number of cyclic esters (lactones) is 1. The molecule has 0 bridgehead atoms.